The average Bonchev–Trinajstić information content (AvgIpc) is 3.11. The Bertz CT molecular complexity index is 941. The number of nitrogens with zero attached hydrogens (tertiary/aromatic N) is 4. The molecule has 0 saturated heterocycles. The maximum absolute atomic E-state index is 12.8. The molecule has 0 aliphatic carbocycles. The molecule has 0 fully saturated rings. The number of carbonyl (C=O) groups is 1. The Kier molecular flexibility index (Phi) is 6.54. The molecule has 2 unspecified atom stereocenters. The van der Waals surface area contributed by atoms with Gasteiger partial charge in [-0.3, -0.25) is 14.3 Å². The molecule has 0 aliphatic heterocycles. The molecule has 28 heavy (non-hydrogen) atoms. The summed E-state index contributed by atoms with van der Waals surface area (Å²) in [5, 5.41) is 9.89. The highest BCUT2D eigenvalue weighted by atomic mass is 35.5. The van der Waals surface area contributed by atoms with Gasteiger partial charge in [0.2, 0.25) is 0 Å². The second kappa shape index (κ2) is 8.90. The Labute approximate surface area is 174 Å². The van der Waals surface area contributed by atoms with Gasteiger partial charge in [-0.05, 0) is 52.2 Å². The minimum atomic E-state index is -0.292. The Morgan fingerprint density at radius 3 is 2.29 bits per heavy atom. The normalized spacial score (nSPS) is 13.5. The third kappa shape index (κ3) is 4.46. The highest BCUT2D eigenvalue weighted by Crippen LogP contribution is 2.30. The fourth-order valence-electron chi connectivity index (χ4n) is 2.74. The number of ketones is 1. The summed E-state index contributed by atoms with van der Waals surface area (Å²) in [7, 11) is 4.00. The van der Waals surface area contributed by atoms with Gasteiger partial charge >= 0.3 is 0 Å². The summed E-state index contributed by atoms with van der Waals surface area (Å²) in [5.41, 5.74) is 1.61. The summed E-state index contributed by atoms with van der Waals surface area (Å²) in [6.45, 7) is 3.97. The number of carbonyl (C=O) groups excluding carboxylic acids is 1. The average molecular weight is 415 g/mol. The summed E-state index contributed by atoms with van der Waals surface area (Å²) in [6, 6.07) is 16.9. The highest BCUT2D eigenvalue weighted by Gasteiger charge is 2.24. The van der Waals surface area contributed by atoms with Crippen molar-refractivity contribution < 1.29 is 4.79 Å². The van der Waals surface area contributed by atoms with Crippen LogP contribution in [0.4, 0.5) is 0 Å². The standard InChI is InChI=1S/C21H23ClN4OS/c1-14(25(3)4)20-23-24-21(26(20)18-12-10-17(22)11-13-18)28-15(2)19(27)16-8-6-5-7-9-16/h5-15H,1-4H3. The molecular formula is C21H23ClN4OS. The molecule has 3 aromatic rings. The number of benzene rings is 2. The molecule has 0 aliphatic rings. The van der Waals surface area contributed by atoms with Crippen LogP contribution in [0.25, 0.3) is 5.69 Å². The summed E-state index contributed by atoms with van der Waals surface area (Å²) in [6.07, 6.45) is 0. The minimum absolute atomic E-state index is 0.0534. The van der Waals surface area contributed by atoms with Crippen molar-refractivity contribution in [3.05, 3.63) is 71.0 Å². The fourth-order valence-corrected chi connectivity index (χ4v) is 3.82. The molecule has 1 aromatic heterocycles. The topological polar surface area (TPSA) is 51.0 Å². The van der Waals surface area contributed by atoms with Gasteiger partial charge in [0.05, 0.1) is 11.3 Å². The fraction of sp³-hybridized carbons (Fsp3) is 0.286. The third-order valence-electron chi connectivity index (χ3n) is 4.60. The lowest BCUT2D eigenvalue weighted by molar-refractivity contribution is 0.0994. The lowest BCUT2D eigenvalue weighted by Gasteiger charge is -2.21. The van der Waals surface area contributed by atoms with Gasteiger partial charge in [-0.25, -0.2) is 0 Å². The number of hydrogen-bond donors (Lipinski definition) is 0. The smallest absolute Gasteiger partial charge is 0.196 e. The number of halogens is 1. The van der Waals surface area contributed by atoms with Crippen molar-refractivity contribution in [1.82, 2.24) is 19.7 Å². The Balaban J connectivity index is 1.96. The molecule has 0 amide bonds. The van der Waals surface area contributed by atoms with Gasteiger partial charge in [-0.15, -0.1) is 10.2 Å². The first-order chi connectivity index (χ1) is 13.4. The van der Waals surface area contributed by atoms with Crippen LogP contribution in [0.15, 0.2) is 59.8 Å². The molecule has 146 valence electrons. The number of rotatable bonds is 7. The van der Waals surface area contributed by atoms with Crippen molar-refractivity contribution in [2.24, 2.45) is 0 Å². The Morgan fingerprint density at radius 1 is 1.04 bits per heavy atom. The van der Waals surface area contributed by atoms with E-state index < -0.39 is 0 Å². The molecule has 3 rings (SSSR count). The van der Waals surface area contributed by atoms with Crippen LogP contribution in [0.2, 0.25) is 5.02 Å². The van der Waals surface area contributed by atoms with Crippen LogP contribution in [0.1, 0.15) is 36.1 Å². The summed E-state index contributed by atoms with van der Waals surface area (Å²) < 4.78 is 2.00. The van der Waals surface area contributed by atoms with Crippen LogP contribution in [0, 0.1) is 0 Å². The summed E-state index contributed by atoms with van der Waals surface area (Å²) in [4.78, 5) is 14.9. The maximum Gasteiger partial charge on any atom is 0.196 e. The van der Waals surface area contributed by atoms with Gasteiger partial charge in [0.15, 0.2) is 16.8 Å². The third-order valence-corrected chi connectivity index (χ3v) is 5.90. The van der Waals surface area contributed by atoms with Gasteiger partial charge < -0.3 is 0 Å². The van der Waals surface area contributed by atoms with Gasteiger partial charge in [0.1, 0.15) is 0 Å². The van der Waals surface area contributed by atoms with E-state index in [9.17, 15) is 4.79 Å². The van der Waals surface area contributed by atoms with Crippen LogP contribution < -0.4 is 0 Å². The quantitative estimate of drug-likeness (QED) is 0.406. The van der Waals surface area contributed by atoms with Crippen LogP contribution in [0.3, 0.4) is 0 Å². The molecule has 0 saturated carbocycles. The molecule has 0 radical (unpaired) electrons. The predicted molar refractivity (Wildman–Crippen MR) is 115 cm³/mol. The van der Waals surface area contributed by atoms with Crippen molar-refractivity contribution in [3.63, 3.8) is 0 Å². The van der Waals surface area contributed by atoms with Gasteiger partial charge in [-0.1, -0.05) is 53.7 Å². The molecule has 0 bridgehead atoms. The van der Waals surface area contributed by atoms with Crippen molar-refractivity contribution >= 4 is 29.1 Å². The zero-order valence-corrected chi connectivity index (χ0v) is 17.9. The van der Waals surface area contributed by atoms with Crippen molar-refractivity contribution in [2.75, 3.05) is 14.1 Å². The van der Waals surface area contributed by atoms with E-state index >= 15 is 0 Å². The van der Waals surface area contributed by atoms with Crippen LogP contribution in [-0.4, -0.2) is 44.8 Å². The van der Waals surface area contributed by atoms with Crippen LogP contribution in [-0.2, 0) is 0 Å². The zero-order valence-electron chi connectivity index (χ0n) is 16.3. The predicted octanol–water partition coefficient (Wildman–Crippen LogP) is 4.91. The van der Waals surface area contributed by atoms with Crippen LogP contribution in [0.5, 0.6) is 0 Å². The molecule has 2 atom stereocenters. The summed E-state index contributed by atoms with van der Waals surface area (Å²) >= 11 is 7.47. The van der Waals surface area contributed by atoms with Crippen LogP contribution >= 0.6 is 23.4 Å². The van der Waals surface area contributed by atoms with E-state index in [0.29, 0.717) is 15.7 Å². The van der Waals surface area contributed by atoms with Gasteiger partial charge in [0, 0.05) is 16.3 Å². The lowest BCUT2D eigenvalue weighted by atomic mass is 10.1. The van der Waals surface area contributed by atoms with E-state index in [2.05, 4.69) is 22.0 Å². The molecule has 5 nitrogen and oxygen atoms in total. The first-order valence-electron chi connectivity index (χ1n) is 9.02. The number of thioether (sulfide) groups is 1. The molecule has 7 heteroatoms. The maximum atomic E-state index is 12.8. The minimum Gasteiger partial charge on any atom is -0.300 e. The summed E-state index contributed by atoms with van der Waals surface area (Å²) in [5.74, 6) is 0.882. The molecule has 1 heterocycles. The van der Waals surface area contributed by atoms with E-state index in [0.717, 1.165) is 11.5 Å². The first-order valence-corrected chi connectivity index (χ1v) is 10.3. The van der Waals surface area contributed by atoms with Gasteiger partial charge in [-0.2, -0.15) is 0 Å². The molecule has 2 aromatic carbocycles. The SMILES string of the molecule is CC(Sc1nnc(C(C)N(C)C)n1-c1ccc(Cl)cc1)C(=O)c1ccccc1. The van der Waals surface area contributed by atoms with Gasteiger partial charge in [0.25, 0.3) is 0 Å². The Morgan fingerprint density at radius 2 is 1.68 bits per heavy atom. The van der Waals surface area contributed by atoms with E-state index in [1.165, 1.54) is 11.8 Å². The van der Waals surface area contributed by atoms with Crippen molar-refractivity contribution in [3.8, 4) is 5.69 Å². The molecule has 0 N–H and O–H groups in total. The number of aromatic nitrogens is 3. The van der Waals surface area contributed by atoms with Crippen molar-refractivity contribution in [1.29, 1.82) is 0 Å². The number of Topliss-reactive ketones (excluding diaryl/α,β-unsaturated/α-hetero) is 1. The zero-order chi connectivity index (χ0) is 20.3. The molecule has 0 spiro atoms. The van der Waals surface area contributed by atoms with Crippen molar-refractivity contribution in [2.45, 2.75) is 30.3 Å². The largest absolute Gasteiger partial charge is 0.300 e. The second-order valence-electron chi connectivity index (χ2n) is 6.78. The Hall–Kier alpha value is -2.15. The first kappa shape index (κ1) is 20.6. The molecular weight excluding hydrogens is 392 g/mol. The second-order valence-corrected chi connectivity index (χ2v) is 8.53. The monoisotopic (exact) mass is 414 g/mol. The highest BCUT2D eigenvalue weighted by molar-refractivity contribution is 8.00. The van der Waals surface area contributed by atoms with E-state index in [1.54, 1.807) is 0 Å². The van der Waals surface area contributed by atoms with E-state index in [4.69, 9.17) is 11.6 Å². The number of hydrogen-bond acceptors (Lipinski definition) is 5. The van der Waals surface area contributed by atoms with E-state index in [-0.39, 0.29) is 17.1 Å². The lowest BCUT2D eigenvalue weighted by Crippen LogP contribution is -2.21. The van der Waals surface area contributed by atoms with E-state index in [1.807, 2.05) is 80.2 Å².